The van der Waals surface area contributed by atoms with Gasteiger partial charge in [-0.1, -0.05) is 26.0 Å². The molecule has 1 N–H and O–H groups in total. The van der Waals surface area contributed by atoms with Crippen molar-refractivity contribution in [1.29, 1.82) is 0 Å². The molecule has 0 spiro atoms. The van der Waals surface area contributed by atoms with Crippen LogP contribution in [0.2, 0.25) is 0 Å². The fourth-order valence-corrected chi connectivity index (χ4v) is 2.67. The van der Waals surface area contributed by atoms with Gasteiger partial charge in [0.2, 0.25) is 0 Å². The molecule has 0 radical (unpaired) electrons. The predicted octanol–water partition coefficient (Wildman–Crippen LogP) is 3.45. The second-order valence-corrected chi connectivity index (χ2v) is 5.32. The van der Waals surface area contributed by atoms with Crippen LogP contribution >= 0.6 is 0 Å². The lowest BCUT2D eigenvalue weighted by Crippen LogP contribution is -2.02. The number of ether oxygens (including phenoxy) is 1. The van der Waals surface area contributed by atoms with E-state index in [0.29, 0.717) is 11.8 Å². The molecule has 0 saturated heterocycles. The first-order chi connectivity index (χ1) is 8.11. The third-order valence-corrected chi connectivity index (χ3v) is 3.77. The van der Waals surface area contributed by atoms with Gasteiger partial charge in [-0.05, 0) is 48.3 Å². The standard InChI is InChI=1S/C15H22O2/c1-10(2)11-5-7-15(17-3)14(9-11)12-4-6-13(16)8-12/h5,7,9-10,12-13,16H,4,6,8H2,1-3H3. The fraction of sp³-hybridized carbons (Fsp3) is 0.600. The average Bonchev–Trinajstić information content (AvgIpc) is 2.74. The van der Waals surface area contributed by atoms with Crippen LogP contribution in [-0.2, 0) is 0 Å². The van der Waals surface area contributed by atoms with Crippen molar-refractivity contribution >= 4 is 0 Å². The maximum Gasteiger partial charge on any atom is 0.122 e. The van der Waals surface area contributed by atoms with Gasteiger partial charge >= 0.3 is 0 Å². The minimum Gasteiger partial charge on any atom is -0.496 e. The van der Waals surface area contributed by atoms with Gasteiger partial charge in [0.25, 0.3) is 0 Å². The zero-order valence-electron chi connectivity index (χ0n) is 10.9. The third-order valence-electron chi connectivity index (χ3n) is 3.77. The third kappa shape index (κ3) is 2.63. The number of hydrogen-bond donors (Lipinski definition) is 1. The molecule has 17 heavy (non-hydrogen) atoms. The molecule has 0 aromatic heterocycles. The highest BCUT2D eigenvalue weighted by atomic mass is 16.5. The van der Waals surface area contributed by atoms with Gasteiger partial charge in [0.15, 0.2) is 0 Å². The highest BCUT2D eigenvalue weighted by Gasteiger charge is 2.26. The molecule has 1 aromatic carbocycles. The van der Waals surface area contributed by atoms with Gasteiger partial charge in [0.05, 0.1) is 13.2 Å². The maximum absolute atomic E-state index is 9.66. The van der Waals surface area contributed by atoms with Crippen LogP contribution in [0.1, 0.15) is 56.1 Å². The molecule has 2 heteroatoms. The van der Waals surface area contributed by atoms with Crippen LogP contribution in [0.3, 0.4) is 0 Å². The van der Waals surface area contributed by atoms with Gasteiger partial charge in [0, 0.05) is 0 Å². The molecule has 1 saturated carbocycles. The Labute approximate surface area is 104 Å². The Balaban J connectivity index is 2.32. The summed E-state index contributed by atoms with van der Waals surface area (Å²) in [4.78, 5) is 0. The first kappa shape index (κ1) is 12.4. The quantitative estimate of drug-likeness (QED) is 0.868. The van der Waals surface area contributed by atoms with E-state index in [1.807, 2.05) is 0 Å². The molecule has 1 aliphatic rings. The SMILES string of the molecule is COc1ccc(C(C)C)cc1C1CCC(O)C1. The molecule has 1 aliphatic carbocycles. The summed E-state index contributed by atoms with van der Waals surface area (Å²) in [6.07, 6.45) is 2.73. The van der Waals surface area contributed by atoms with Crippen molar-refractivity contribution in [3.8, 4) is 5.75 Å². The largest absolute Gasteiger partial charge is 0.496 e. The minimum absolute atomic E-state index is 0.132. The van der Waals surface area contributed by atoms with Crippen LogP contribution in [0.15, 0.2) is 18.2 Å². The van der Waals surface area contributed by atoms with Crippen LogP contribution in [0.25, 0.3) is 0 Å². The molecule has 1 aromatic rings. The molecule has 2 unspecified atom stereocenters. The normalized spacial score (nSPS) is 24.3. The van der Waals surface area contributed by atoms with Gasteiger partial charge in [-0.2, -0.15) is 0 Å². The molecule has 2 nitrogen and oxygen atoms in total. The Morgan fingerprint density at radius 1 is 1.29 bits per heavy atom. The Hall–Kier alpha value is -1.02. The van der Waals surface area contributed by atoms with E-state index in [1.165, 1.54) is 11.1 Å². The summed E-state index contributed by atoms with van der Waals surface area (Å²) >= 11 is 0. The molecule has 0 heterocycles. The second kappa shape index (κ2) is 5.09. The van der Waals surface area contributed by atoms with E-state index < -0.39 is 0 Å². The van der Waals surface area contributed by atoms with Crippen LogP contribution in [-0.4, -0.2) is 18.3 Å². The van der Waals surface area contributed by atoms with E-state index in [-0.39, 0.29) is 6.10 Å². The zero-order chi connectivity index (χ0) is 12.4. The van der Waals surface area contributed by atoms with Crippen molar-refractivity contribution < 1.29 is 9.84 Å². The number of rotatable bonds is 3. The molecule has 1 fully saturated rings. The number of aliphatic hydroxyl groups is 1. The summed E-state index contributed by atoms with van der Waals surface area (Å²) in [5, 5.41) is 9.66. The van der Waals surface area contributed by atoms with Gasteiger partial charge in [-0.3, -0.25) is 0 Å². The van der Waals surface area contributed by atoms with Crippen LogP contribution < -0.4 is 4.74 Å². The van der Waals surface area contributed by atoms with Crippen molar-refractivity contribution in [2.24, 2.45) is 0 Å². The van der Waals surface area contributed by atoms with E-state index in [2.05, 4.69) is 32.0 Å². The van der Waals surface area contributed by atoms with Gasteiger partial charge in [-0.25, -0.2) is 0 Å². The molecule has 0 bridgehead atoms. The lowest BCUT2D eigenvalue weighted by Gasteiger charge is -2.17. The first-order valence-corrected chi connectivity index (χ1v) is 6.47. The molecule has 0 aliphatic heterocycles. The molecular weight excluding hydrogens is 212 g/mol. The number of methoxy groups -OCH3 is 1. The summed E-state index contributed by atoms with van der Waals surface area (Å²) in [6, 6.07) is 6.46. The Morgan fingerprint density at radius 2 is 2.06 bits per heavy atom. The Bertz CT molecular complexity index is 385. The molecule has 2 rings (SSSR count). The van der Waals surface area contributed by atoms with E-state index >= 15 is 0 Å². The van der Waals surface area contributed by atoms with Crippen molar-refractivity contribution in [2.75, 3.05) is 7.11 Å². The summed E-state index contributed by atoms with van der Waals surface area (Å²) in [7, 11) is 1.72. The molecular formula is C15H22O2. The predicted molar refractivity (Wildman–Crippen MR) is 69.7 cm³/mol. The van der Waals surface area contributed by atoms with E-state index in [9.17, 15) is 5.11 Å². The summed E-state index contributed by atoms with van der Waals surface area (Å²) in [5.74, 6) is 1.96. The number of hydrogen-bond acceptors (Lipinski definition) is 2. The van der Waals surface area contributed by atoms with Crippen molar-refractivity contribution in [1.82, 2.24) is 0 Å². The lowest BCUT2D eigenvalue weighted by molar-refractivity contribution is 0.181. The molecule has 0 amide bonds. The van der Waals surface area contributed by atoms with E-state index in [4.69, 9.17) is 4.74 Å². The maximum atomic E-state index is 9.66. The number of benzene rings is 1. The lowest BCUT2D eigenvalue weighted by atomic mass is 9.92. The second-order valence-electron chi connectivity index (χ2n) is 5.32. The fourth-order valence-electron chi connectivity index (χ4n) is 2.67. The Morgan fingerprint density at radius 3 is 2.59 bits per heavy atom. The average molecular weight is 234 g/mol. The van der Waals surface area contributed by atoms with Crippen molar-refractivity contribution in [3.63, 3.8) is 0 Å². The van der Waals surface area contributed by atoms with Crippen molar-refractivity contribution in [2.45, 2.75) is 51.0 Å². The topological polar surface area (TPSA) is 29.5 Å². The van der Waals surface area contributed by atoms with Crippen molar-refractivity contribution in [3.05, 3.63) is 29.3 Å². The van der Waals surface area contributed by atoms with Gasteiger partial charge in [0.1, 0.15) is 5.75 Å². The van der Waals surface area contributed by atoms with Gasteiger partial charge in [-0.15, -0.1) is 0 Å². The monoisotopic (exact) mass is 234 g/mol. The summed E-state index contributed by atoms with van der Waals surface area (Å²) < 4.78 is 5.45. The van der Waals surface area contributed by atoms with Crippen LogP contribution in [0.4, 0.5) is 0 Å². The highest BCUT2D eigenvalue weighted by Crippen LogP contribution is 2.40. The Kier molecular flexibility index (Phi) is 3.72. The molecule has 2 atom stereocenters. The van der Waals surface area contributed by atoms with Crippen LogP contribution in [0, 0.1) is 0 Å². The minimum atomic E-state index is -0.132. The number of aliphatic hydroxyl groups excluding tert-OH is 1. The zero-order valence-corrected chi connectivity index (χ0v) is 10.9. The van der Waals surface area contributed by atoms with E-state index in [1.54, 1.807) is 7.11 Å². The molecule has 94 valence electrons. The van der Waals surface area contributed by atoms with E-state index in [0.717, 1.165) is 25.0 Å². The summed E-state index contributed by atoms with van der Waals surface area (Å²) in [5.41, 5.74) is 2.62. The first-order valence-electron chi connectivity index (χ1n) is 6.47. The van der Waals surface area contributed by atoms with Gasteiger partial charge < -0.3 is 9.84 Å². The smallest absolute Gasteiger partial charge is 0.122 e. The summed E-state index contributed by atoms with van der Waals surface area (Å²) in [6.45, 7) is 4.41. The highest BCUT2D eigenvalue weighted by molar-refractivity contribution is 5.41. The van der Waals surface area contributed by atoms with Crippen LogP contribution in [0.5, 0.6) is 5.75 Å².